The minimum Gasteiger partial charge on any atom is -0.478 e. The third kappa shape index (κ3) is 2.96. The van der Waals surface area contributed by atoms with Crippen molar-refractivity contribution in [3.63, 3.8) is 0 Å². The number of benzene rings is 2. The van der Waals surface area contributed by atoms with Gasteiger partial charge in [-0.1, -0.05) is 18.2 Å². The number of aromatic nitrogens is 2. The zero-order valence-corrected chi connectivity index (χ0v) is 14.3. The molecule has 0 fully saturated rings. The highest BCUT2D eigenvalue weighted by Crippen LogP contribution is 2.35. The average molecular weight is 386 g/mol. The topological polar surface area (TPSA) is 72.2 Å². The van der Waals surface area contributed by atoms with Crippen molar-refractivity contribution < 1.29 is 23.1 Å². The molecule has 0 amide bonds. The Morgan fingerprint density at radius 3 is 2.64 bits per heavy atom. The molecule has 0 bridgehead atoms. The minimum absolute atomic E-state index is 0.00733. The van der Waals surface area contributed by atoms with Crippen molar-refractivity contribution in [1.29, 1.82) is 0 Å². The molecule has 1 N–H and O–H groups in total. The van der Waals surface area contributed by atoms with Gasteiger partial charge in [-0.25, -0.2) is 9.78 Å². The lowest BCUT2D eigenvalue weighted by molar-refractivity contribution is -0.137. The fourth-order valence-electron chi connectivity index (χ4n) is 3.36. The van der Waals surface area contributed by atoms with E-state index >= 15 is 0 Å². The smallest absolute Gasteiger partial charge is 0.416 e. The lowest BCUT2D eigenvalue weighted by Gasteiger charge is -2.11. The standard InChI is InChI=1S/C20H13F3N2O3/c21-20(22,23)15-4-2-1-3-11(15)9-12-7-8-25-17(12)24-16-10-13(19(27)28)5-6-14(16)18(25)26/h1-6,9-10H,7-8H2,(H,27,28)/b12-9+. The van der Waals surface area contributed by atoms with Crippen molar-refractivity contribution in [2.45, 2.75) is 19.1 Å². The van der Waals surface area contributed by atoms with Crippen molar-refractivity contribution >= 4 is 28.5 Å². The SMILES string of the molecule is O=C(O)c1ccc2c(=O)n3c(nc2c1)/C(=C/c1ccccc1C(F)(F)F)CC3. The number of fused-ring (bicyclic) bond motifs is 2. The molecule has 0 saturated carbocycles. The number of carbonyl (C=O) groups is 1. The average Bonchev–Trinajstić information content (AvgIpc) is 3.04. The summed E-state index contributed by atoms with van der Waals surface area (Å²) in [7, 11) is 0. The van der Waals surface area contributed by atoms with Crippen LogP contribution in [0.15, 0.2) is 47.3 Å². The van der Waals surface area contributed by atoms with Crippen LogP contribution in [0, 0.1) is 0 Å². The number of rotatable bonds is 2. The Bertz CT molecular complexity index is 1210. The van der Waals surface area contributed by atoms with Crippen LogP contribution >= 0.6 is 0 Å². The number of carboxylic acid groups (broad SMARTS) is 1. The van der Waals surface area contributed by atoms with Crippen LogP contribution in [-0.4, -0.2) is 20.6 Å². The third-order valence-corrected chi connectivity index (χ3v) is 4.69. The molecule has 5 nitrogen and oxygen atoms in total. The molecule has 1 aliphatic heterocycles. The zero-order valence-electron chi connectivity index (χ0n) is 14.3. The van der Waals surface area contributed by atoms with E-state index in [0.717, 1.165) is 6.07 Å². The second-order valence-corrected chi connectivity index (χ2v) is 6.43. The van der Waals surface area contributed by atoms with E-state index in [0.29, 0.717) is 18.5 Å². The molecule has 0 unspecified atom stereocenters. The van der Waals surface area contributed by atoms with Gasteiger partial charge in [-0.15, -0.1) is 0 Å². The Balaban J connectivity index is 1.90. The van der Waals surface area contributed by atoms with Crippen molar-refractivity contribution in [3.05, 3.63) is 75.3 Å². The van der Waals surface area contributed by atoms with E-state index in [1.54, 1.807) is 0 Å². The molecular formula is C20H13F3N2O3. The Kier molecular flexibility index (Phi) is 4.06. The van der Waals surface area contributed by atoms with Crippen molar-refractivity contribution in [3.8, 4) is 0 Å². The summed E-state index contributed by atoms with van der Waals surface area (Å²) in [4.78, 5) is 28.2. The predicted molar refractivity (Wildman–Crippen MR) is 96.9 cm³/mol. The summed E-state index contributed by atoms with van der Waals surface area (Å²) in [5, 5.41) is 9.40. The Labute approximate surface area is 156 Å². The van der Waals surface area contributed by atoms with Crippen LogP contribution in [0.1, 0.15) is 33.7 Å². The maximum atomic E-state index is 13.3. The van der Waals surface area contributed by atoms with Gasteiger partial charge in [-0.3, -0.25) is 9.36 Å². The number of hydrogen-bond acceptors (Lipinski definition) is 3. The third-order valence-electron chi connectivity index (χ3n) is 4.69. The highest BCUT2D eigenvalue weighted by Gasteiger charge is 2.33. The summed E-state index contributed by atoms with van der Waals surface area (Å²) in [5.41, 5.74) is -0.437. The van der Waals surface area contributed by atoms with Crippen LogP contribution in [0.4, 0.5) is 13.2 Å². The molecule has 2 heterocycles. The van der Waals surface area contributed by atoms with Gasteiger partial charge in [0.2, 0.25) is 0 Å². The fourth-order valence-corrected chi connectivity index (χ4v) is 3.36. The highest BCUT2D eigenvalue weighted by molar-refractivity contribution is 5.93. The van der Waals surface area contributed by atoms with Crippen LogP contribution in [0.25, 0.3) is 22.6 Å². The molecule has 0 aliphatic carbocycles. The van der Waals surface area contributed by atoms with Gasteiger partial charge in [-0.05, 0) is 47.9 Å². The van der Waals surface area contributed by atoms with Crippen LogP contribution in [-0.2, 0) is 12.7 Å². The Morgan fingerprint density at radius 2 is 1.93 bits per heavy atom. The molecular weight excluding hydrogens is 373 g/mol. The molecule has 2 aromatic carbocycles. The summed E-state index contributed by atoms with van der Waals surface area (Å²) in [6.45, 7) is 0.303. The van der Waals surface area contributed by atoms with Gasteiger partial charge in [0.15, 0.2) is 0 Å². The molecule has 0 radical (unpaired) electrons. The van der Waals surface area contributed by atoms with Gasteiger partial charge in [0, 0.05) is 6.54 Å². The number of nitrogens with zero attached hydrogens (tertiary/aromatic N) is 2. The first kappa shape index (κ1) is 18.0. The molecule has 0 saturated heterocycles. The van der Waals surface area contributed by atoms with Gasteiger partial charge in [0.1, 0.15) is 5.82 Å². The second kappa shape index (κ2) is 6.33. The largest absolute Gasteiger partial charge is 0.478 e. The van der Waals surface area contributed by atoms with Crippen molar-refractivity contribution in [1.82, 2.24) is 9.55 Å². The van der Waals surface area contributed by atoms with Gasteiger partial charge in [0.05, 0.1) is 22.0 Å². The van der Waals surface area contributed by atoms with E-state index in [9.17, 15) is 22.8 Å². The number of alkyl halides is 3. The summed E-state index contributed by atoms with van der Waals surface area (Å²) in [6, 6.07) is 9.21. The Morgan fingerprint density at radius 1 is 1.18 bits per heavy atom. The lowest BCUT2D eigenvalue weighted by atomic mass is 10.0. The molecule has 4 rings (SSSR count). The maximum Gasteiger partial charge on any atom is 0.416 e. The summed E-state index contributed by atoms with van der Waals surface area (Å²) in [6.07, 6.45) is -2.75. The van der Waals surface area contributed by atoms with Crippen molar-refractivity contribution in [2.24, 2.45) is 0 Å². The molecule has 0 spiro atoms. The molecule has 3 aromatic rings. The van der Waals surface area contributed by atoms with Crippen LogP contribution in [0.5, 0.6) is 0 Å². The molecule has 1 aliphatic rings. The van der Waals surface area contributed by atoms with Crippen LogP contribution < -0.4 is 5.56 Å². The Hall–Kier alpha value is -3.42. The summed E-state index contributed by atoms with van der Waals surface area (Å²) >= 11 is 0. The van der Waals surface area contributed by atoms with Gasteiger partial charge in [0.25, 0.3) is 5.56 Å². The monoisotopic (exact) mass is 386 g/mol. The fraction of sp³-hybridized carbons (Fsp3) is 0.150. The summed E-state index contributed by atoms with van der Waals surface area (Å²) in [5.74, 6) is -0.892. The van der Waals surface area contributed by atoms with E-state index in [1.807, 2.05) is 0 Å². The normalized spacial score (nSPS) is 15.2. The molecule has 8 heteroatoms. The first-order chi connectivity index (χ1) is 13.3. The van der Waals surface area contributed by atoms with E-state index < -0.39 is 17.7 Å². The van der Waals surface area contributed by atoms with Gasteiger partial charge >= 0.3 is 12.1 Å². The first-order valence-electron chi connectivity index (χ1n) is 8.41. The number of aromatic carboxylic acids is 1. The van der Waals surface area contributed by atoms with Crippen molar-refractivity contribution in [2.75, 3.05) is 0 Å². The predicted octanol–water partition coefficient (Wildman–Crippen LogP) is 4.06. The molecule has 28 heavy (non-hydrogen) atoms. The highest BCUT2D eigenvalue weighted by atomic mass is 19.4. The number of carboxylic acids is 1. The second-order valence-electron chi connectivity index (χ2n) is 6.43. The van der Waals surface area contributed by atoms with Crippen LogP contribution in [0.2, 0.25) is 0 Å². The van der Waals surface area contributed by atoms with Crippen LogP contribution in [0.3, 0.4) is 0 Å². The van der Waals surface area contributed by atoms with E-state index in [1.165, 1.54) is 47.0 Å². The van der Waals surface area contributed by atoms with Gasteiger partial charge < -0.3 is 5.11 Å². The lowest BCUT2D eigenvalue weighted by Crippen LogP contribution is -2.21. The maximum absolute atomic E-state index is 13.3. The van der Waals surface area contributed by atoms with E-state index in [-0.39, 0.29) is 33.4 Å². The number of halogens is 3. The first-order valence-corrected chi connectivity index (χ1v) is 8.41. The minimum atomic E-state index is -4.50. The molecule has 142 valence electrons. The van der Waals surface area contributed by atoms with E-state index in [2.05, 4.69) is 4.98 Å². The molecule has 1 aromatic heterocycles. The quantitative estimate of drug-likeness (QED) is 0.721. The molecule has 0 atom stereocenters. The number of hydrogen-bond donors (Lipinski definition) is 1. The van der Waals surface area contributed by atoms with Gasteiger partial charge in [-0.2, -0.15) is 13.2 Å². The number of allylic oxidation sites excluding steroid dienone is 1. The van der Waals surface area contributed by atoms with E-state index in [4.69, 9.17) is 5.11 Å². The zero-order chi connectivity index (χ0) is 20.1. The summed E-state index contributed by atoms with van der Waals surface area (Å²) < 4.78 is 41.2.